The van der Waals surface area contributed by atoms with Crippen LogP contribution in [0.3, 0.4) is 0 Å². The molecule has 1 saturated carbocycles. The third-order valence-corrected chi connectivity index (χ3v) is 10.4. The molecule has 1 fully saturated rings. The molecule has 1 aliphatic heterocycles. The first-order valence-corrected chi connectivity index (χ1v) is 13.3. The van der Waals surface area contributed by atoms with Crippen LogP contribution in [0, 0.1) is 11.6 Å². The van der Waals surface area contributed by atoms with E-state index >= 15 is 4.39 Å². The Kier molecular flexibility index (Phi) is 6.16. The lowest BCUT2D eigenvalue weighted by atomic mass is 9.68. The van der Waals surface area contributed by atoms with Crippen LogP contribution in [0.1, 0.15) is 24.8 Å². The van der Waals surface area contributed by atoms with Gasteiger partial charge in [-0.1, -0.05) is 11.6 Å². The van der Waals surface area contributed by atoms with Crippen molar-refractivity contribution < 1.29 is 48.6 Å². The van der Waals surface area contributed by atoms with E-state index in [0.29, 0.717) is 12.1 Å². The van der Waals surface area contributed by atoms with Gasteiger partial charge in [0.15, 0.2) is 21.4 Å². The van der Waals surface area contributed by atoms with Gasteiger partial charge >= 0.3 is 15.5 Å². The van der Waals surface area contributed by atoms with E-state index in [-0.39, 0.29) is 5.02 Å². The Morgan fingerprint density at radius 2 is 1.63 bits per heavy atom. The Balaban J connectivity index is 1.92. The highest BCUT2D eigenvalue weighted by Gasteiger charge is 2.68. The SMILES string of the molecule is O=S(=O)(N[C@@H]1CC[C@@]2(S(=O)(=O)c3ccc(Cl)cc3)c3c(F)ccc(F)c3OC[C@@]2(O)C1)C(F)(F)F. The van der Waals surface area contributed by atoms with Gasteiger partial charge in [-0.15, -0.1) is 0 Å². The number of hydrogen-bond donors (Lipinski definition) is 2. The third-order valence-electron chi connectivity index (χ3n) is 6.31. The van der Waals surface area contributed by atoms with Crippen LogP contribution in [0.25, 0.3) is 0 Å². The molecule has 0 unspecified atom stereocenters. The van der Waals surface area contributed by atoms with Crippen LogP contribution < -0.4 is 9.46 Å². The molecule has 0 bridgehead atoms. The monoisotopic (exact) mass is 561 g/mol. The summed E-state index contributed by atoms with van der Waals surface area (Å²) in [7, 11) is -10.7. The van der Waals surface area contributed by atoms with Gasteiger partial charge in [-0.2, -0.15) is 13.2 Å². The van der Waals surface area contributed by atoms with Gasteiger partial charge in [0.2, 0.25) is 0 Å². The first-order valence-electron chi connectivity index (χ1n) is 9.98. The topological polar surface area (TPSA) is 110 Å². The van der Waals surface area contributed by atoms with E-state index in [1.54, 1.807) is 0 Å². The van der Waals surface area contributed by atoms with Crippen molar-refractivity contribution in [3.05, 3.63) is 58.6 Å². The summed E-state index contributed by atoms with van der Waals surface area (Å²) in [5.41, 5.74) is -9.13. The second-order valence-electron chi connectivity index (χ2n) is 8.34. The Morgan fingerprint density at radius 1 is 1.03 bits per heavy atom. The first-order chi connectivity index (χ1) is 16.1. The van der Waals surface area contributed by atoms with Gasteiger partial charge < -0.3 is 9.84 Å². The summed E-state index contributed by atoms with van der Waals surface area (Å²) < 4.78 is 124. The van der Waals surface area contributed by atoms with Crippen LogP contribution in [-0.2, 0) is 24.6 Å². The molecule has 15 heteroatoms. The molecule has 1 aliphatic carbocycles. The van der Waals surface area contributed by atoms with E-state index in [4.69, 9.17) is 16.3 Å². The molecule has 2 N–H and O–H groups in total. The van der Waals surface area contributed by atoms with Crippen LogP contribution in [0.5, 0.6) is 5.75 Å². The molecule has 0 saturated heterocycles. The Bertz CT molecular complexity index is 1380. The molecule has 1 heterocycles. The average Bonchev–Trinajstić information content (AvgIpc) is 2.74. The second kappa shape index (κ2) is 8.26. The molecule has 7 nitrogen and oxygen atoms in total. The van der Waals surface area contributed by atoms with E-state index in [9.17, 15) is 39.5 Å². The van der Waals surface area contributed by atoms with Crippen molar-refractivity contribution in [2.45, 2.75) is 46.1 Å². The van der Waals surface area contributed by atoms with Crippen molar-refractivity contribution in [2.24, 2.45) is 0 Å². The van der Waals surface area contributed by atoms with Crippen LogP contribution in [0.4, 0.5) is 22.0 Å². The van der Waals surface area contributed by atoms with Crippen LogP contribution in [0.2, 0.25) is 5.02 Å². The van der Waals surface area contributed by atoms with Gasteiger partial charge in [-0.25, -0.2) is 30.3 Å². The summed E-state index contributed by atoms with van der Waals surface area (Å²) >= 11 is 5.82. The molecular weight excluding hydrogens is 545 g/mol. The van der Waals surface area contributed by atoms with Crippen LogP contribution in [-0.4, -0.2) is 45.7 Å². The number of halogens is 6. The highest BCUT2D eigenvalue weighted by molar-refractivity contribution is 7.92. The Hall–Kier alpha value is -2.00. The van der Waals surface area contributed by atoms with E-state index in [1.807, 2.05) is 0 Å². The lowest BCUT2D eigenvalue weighted by molar-refractivity contribution is -0.0899. The first kappa shape index (κ1) is 26.1. The summed E-state index contributed by atoms with van der Waals surface area (Å²) in [5, 5.41) is 11.7. The predicted octanol–water partition coefficient (Wildman–Crippen LogP) is 3.40. The summed E-state index contributed by atoms with van der Waals surface area (Å²) in [6, 6.07) is 4.35. The number of sulfone groups is 1. The standard InChI is InChI=1S/C20H17ClF5NO6S2/c21-11-1-3-13(4-2-11)34(29,30)19-8-7-12(27-35(31,32)20(24,25)26)9-18(19,28)10-33-17-15(23)6-5-14(22)16(17)19/h1-6,12,27-28H,7-10H2/t12-,18+,19-/m1/s1. The van der Waals surface area contributed by atoms with E-state index in [0.717, 1.165) is 12.1 Å². The minimum absolute atomic E-state index is 0.159. The minimum atomic E-state index is -5.85. The zero-order chi connectivity index (χ0) is 26.0. The molecule has 192 valence electrons. The molecule has 2 aliphatic rings. The maximum Gasteiger partial charge on any atom is 0.511 e. The van der Waals surface area contributed by atoms with Crippen LogP contribution >= 0.6 is 11.6 Å². The van der Waals surface area contributed by atoms with E-state index in [2.05, 4.69) is 0 Å². The summed E-state index contributed by atoms with van der Waals surface area (Å²) in [5.74, 6) is -3.11. The quantitative estimate of drug-likeness (QED) is 0.554. The summed E-state index contributed by atoms with van der Waals surface area (Å²) in [6.07, 6.45) is -2.21. The number of nitrogens with one attached hydrogen (secondary N) is 1. The number of hydrogen-bond acceptors (Lipinski definition) is 6. The lowest BCUT2D eigenvalue weighted by Gasteiger charge is -2.54. The largest absolute Gasteiger partial charge is 0.511 e. The van der Waals surface area contributed by atoms with Gasteiger partial charge in [-0.3, -0.25) is 0 Å². The van der Waals surface area contributed by atoms with Crippen molar-refractivity contribution in [3.8, 4) is 5.75 Å². The van der Waals surface area contributed by atoms with Gasteiger partial charge in [-0.05, 0) is 55.7 Å². The Labute approximate surface area is 201 Å². The maximum atomic E-state index is 15.2. The molecule has 2 aromatic rings. The molecule has 2 aromatic carbocycles. The molecule has 35 heavy (non-hydrogen) atoms. The molecule has 0 spiro atoms. The fraction of sp³-hybridized carbons (Fsp3) is 0.400. The fourth-order valence-electron chi connectivity index (χ4n) is 4.78. The minimum Gasteiger partial charge on any atom is -0.487 e. The van der Waals surface area contributed by atoms with Crippen molar-refractivity contribution in [2.75, 3.05) is 6.61 Å². The van der Waals surface area contributed by atoms with Crippen molar-refractivity contribution in [3.63, 3.8) is 0 Å². The van der Waals surface area contributed by atoms with Crippen molar-refractivity contribution in [1.29, 1.82) is 0 Å². The number of fused-ring (bicyclic) bond motifs is 3. The number of sulfonamides is 1. The maximum absolute atomic E-state index is 15.2. The van der Waals surface area contributed by atoms with Gasteiger partial charge in [0.25, 0.3) is 0 Å². The van der Waals surface area contributed by atoms with Crippen LogP contribution in [0.15, 0.2) is 41.3 Å². The zero-order valence-electron chi connectivity index (χ0n) is 17.4. The number of benzene rings is 2. The van der Waals surface area contributed by atoms with Gasteiger partial charge in [0.1, 0.15) is 22.8 Å². The second-order valence-corrected chi connectivity index (χ2v) is 12.7. The highest BCUT2D eigenvalue weighted by atomic mass is 35.5. The van der Waals surface area contributed by atoms with Gasteiger partial charge in [0.05, 0.1) is 10.5 Å². The summed E-state index contributed by atoms with van der Waals surface area (Å²) in [4.78, 5) is -0.425. The van der Waals surface area contributed by atoms with Gasteiger partial charge in [0, 0.05) is 11.1 Å². The van der Waals surface area contributed by atoms with E-state index < -0.39 is 95.5 Å². The molecular formula is C20H17ClF5NO6S2. The zero-order valence-corrected chi connectivity index (χ0v) is 19.8. The number of aliphatic hydroxyl groups is 1. The lowest BCUT2D eigenvalue weighted by Crippen LogP contribution is -2.67. The van der Waals surface area contributed by atoms with E-state index in [1.165, 1.54) is 16.9 Å². The number of rotatable bonds is 4. The normalized spacial score (nSPS) is 27.0. The molecule has 0 aromatic heterocycles. The smallest absolute Gasteiger partial charge is 0.487 e. The molecule has 0 radical (unpaired) electrons. The third kappa shape index (κ3) is 3.89. The number of ether oxygens (including phenoxy) is 1. The van der Waals surface area contributed by atoms with Crippen molar-refractivity contribution >= 4 is 31.5 Å². The highest BCUT2D eigenvalue weighted by Crippen LogP contribution is 2.58. The molecule has 0 amide bonds. The Morgan fingerprint density at radius 3 is 2.23 bits per heavy atom. The predicted molar refractivity (Wildman–Crippen MR) is 113 cm³/mol. The average molecular weight is 562 g/mol. The fourth-order valence-corrected chi connectivity index (χ4v) is 8.07. The molecule has 4 rings (SSSR count). The number of alkyl halides is 3. The van der Waals surface area contributed by atoms with Crippen molar-refractivity contribution in [1.82, 2.24) is 4.72 Å². The molecule has 3 atom stereocenters. The summed E-state index contributed by atoms with van der Waals surface area (Å²) in [6.45, 7) is -0.961.